The number of non-ortho nitro benzene ring substituents is 2. The van der Waals surface area contributed by atoms with Gasteiger partial charge in [-0.25, -0.2) is 46.7 Å². The first-order chi connectivity index (χ1) is 50.1. The van der Waals surface area contributed by atoms with E-state index in [4.69, 9.17) is 49.9 Å². The number of fused-ring (bicyclic) bond motifs is 2. The molecule has 0 spiro atoms. The van der Waals surface area contributed by atoms with E-state index < -0.39 is 48.0 Å². The molecule has 0 bridgehead atoms. The molecule has 4 aromatic heterocycles. The fraction of sp³-hybridized carbons (Fsp3) is 0.541. The summed E-state index contributed by atoms with van der Waals surface area (Å²) >= 11 is 0. The van der Waals surface area contributed by atoms with E-state index in [9.17, 15) is 20.2 Å². The first-order valence-electron chi connectivity index (χ1n) is 36.2. The van der Waals surface area contributed by atoms with Gasteiger partial charge < -0.3 is 49.0 Å². The zero-order valence-corrected chi connectivity index (χ0v) is 63.3. The van der Waals surface area contributed by atoms with Gasteiger partial charge in [0, 0.05) is 74.9 Å². The molecule has 0 radical (unpaired) electrons. The van der Waals surface area contributed by atoms with Gasteiger partial charge in [-0.3, -0.25) is 20.2 Å². The molecular formula is C74H104N14O14S2. The van der Waals surface area contributed by atoms with E-state index in [1.54, 1.807) is 32.7 Å². The first kappa shape index (κ1) is 80.7. The fourth-order valence-electron chi connectivity index (χ4n) is 13.8. The Bertz CT molecular complexity index is 4280. The Hall–Kier alpha value is -9.00. The lowest BCUT2D eigenvalue weighted by atomic mass is 9.99. The maximum atomic E-state index is 15.6. The minimum absolute atomic E-state index is 0.0256. The van der Waals surface area contributed by atoms with Crippen molar-refractivity contribution >= 4 is 65.4 Å². The minimum atomic E-state index is -4.40. The predicted molar refractivity (Wildman–Crippen MR) is 401 cm³/mol. The van der Waals surface area contributed by atoms with Crippen LogP contribution in [0.25, 0.3) is 22.3 Å². The molecule has 28 nitrogen and oxygen atoms in total. The molecule has 0 amide bonds. The van der Waals surface area contributed by atoms with Crippen LogP contribution in [0.1, 0.15) is 191 Å². The van der Waals surface area contributed by atoms with E-state index in [2.05, 4.69) is 26.9 Å². The predicted octanol–water partition coefficient (Wildman–Crippen LogP) is 14.4. The number of nitrogen functional groups attached to an aromatic ring is 2. The Labute approximate surface area is 611 Å². The average molecular weight is 1480 g/mol. The van der Waals surface area contributed by atoms with Gasteiger partial charge in [-0.2, -0.15) is 8.61 Å². The summed E-state index contributed by atoms with van der Waals surface area (Å²) < 4.78 is 102. The molecule has 8 aromatic rings. The largest absolute Gasteiger partial charge is 0.493 e. The summed E-state index contributed by atoms with van der Waals surface area (Å²) in [7, 11) is 0.503. The number of nitro benzene ring substituents is 2. The second-order valence-corrected chi connectivity index (χ2v) is 30.2. The Balaban J connectivity index is 1.06. The van der Waals surface area contributed by atoms with Crippen LogP contribution in [0.15, 0.2) is 95.2 Å². The number of aryl methyl sites for hydroxylation is 2. The zero-order chi connectivity index (χ0) is 74.9. The van der Waals surface area contributed by atoms with Crippen LogP contribution >= 0.6 is 0 Å². The third-order valence-corrected chi connectivity index (χ3v) is 23.4. The van der Waals surface area contributed by atoms with E-state index in [0.717, 1.165) is 43.2 Å². The van der Waals surface area contributed by atoms with Gasteiger partial charge in [-0.15, -0.1) is 0 Å². The van der Waals surface area contributed by atoms with Crippen LogP contribution < -0.4 is 39.9 Å². The van der Waals surface area contributed by atoms with E-state index >= 15 is 16.8 Å². The summed E-state index contributed by atoms with van der Waals surface area (Å²) in [4.78, 5) is 49.9. The Morgan fingerprint density at radius 2 is 0.837 bits per heavy atom. The average Bonchev–Trinajstić information content (AvgIpc) is 1.69. The topological polar surface area (TPSA) is 356 Å². The molecule has 4 aromatic carbocycles. The molecule has 0 fully saturated rings. The van der Waals surface area contributed by atoms with Crippen molar-refractivity contribution < 1.29 is 55.1 Å². The molecule has 566 valence electrons. The number of unbranched alkanes of at least 4 members (excludes halogenated alkanes) is 15. The third-order valence-electron chi connectivity index (χ3n) is 19.3. The number of anilines is 2. The minimum Gasteiger partial charge on any atom is -0.493 e. The number of hydrogen-bond acceptors (Lipinski definition) is 22. The molecule has 0 saturated carbocycles. The van der Waals surface area contributed by atoms with Gasteiger partial charge in [0.15, 0.2) is 57.0 Å². The SMILES string of the molecule is CCCCCCCCCCCCCCCCC(CCCN(C(C)CCCCn1c(Cc2cc(OC)c(OC)c(OC)c2)nc2c(N)ncnc21)S(=O)(=O)c1ccc([N+](=O)[O-])cc1)N(C(C)CCCCn1c(Cc2cc(OC)c(OC)c(OC)c2)nc2c(N)ncnc21)S(=O)(=O)c1ccc([N+](=O)[O-])cc1. The van der Waals surface area contributed by atoms with E-state index in [0.29, 0.717) is 146 Å². The molecule has 4 heterocycles. The van der Waals surface area contributed by atoms with Gasteiger partial charge in [-0.1, -0.05) is 110 Å². The monoisotopic (exact) mass is 1480 g/mol. The molecule has 3 unspecified atom stereocenters. The quantitative estimate of drug-likeness (QED) is 0.0203. The third kappa shape index (κ3) is 20.7. The van der Waals surface area contributed by atoms with Gasteiger partial charge in [-0.05, 0) is 118 Å². The first-order valence-corrected chi connectivity index (χ1v) is 39.0. The van der Waals surface area contributed by atoms with Crippen LogP contribution in [-0.4, -0.2) is 142 Å². The van der Waals surface area contributed by atoms with Crippen molar-refractivity contribution in [3.8, 4) is 34.5 Å². The van der Waals surface area contributed by atoms with E-state index in [-0.39, 0.29) is 52.2 Å². The van der Waals surface area contributed by atoms with E-state index in [1.807, 2.05) is 47.2 Å². The van der Waals surface area contributed by atoms with Gasteiger partial charge >= 0.3 is 0 Å². The van der Waals surface area contributed by atoms with Crippen molar-refractivity contribution in [3.05, 3.63) is 128 Å². The highest BCUT2D eigenvalue weighted by Crippen LogP contribution is 2.41. The molecule has 8 rings (SSSR count). The van der Waals surface area contributed by atoms with Gasteiger partial charge in [0.2, 0.25) is 31.5 Å². The van der Waals surface area contributed by atoms with Crippen molar-refractivity contribution in [2.75, 3.05) is 60.7 Å². The molecule has 0 saturated heterocycles. The van der Waals surface area contributed by atoms with Crippen molar-refractivity contribution in [3.63, 3.8) is 0 Å². The number of imidazole rings is 2. The molecule has 0 aliphatic carbocycles. The highest BCUT2D eigenvalue weighted by molar-refractivity contribution is 7.89. The Morgan fingerprint density at radius 3 is 1.22 bits per heavy atom. The number of aromatic nitrogens is 8. The normalized spacial score (nSPS) is 12.8. The van der Waals surface area contributed by atoms with Crippen LogP contribution in [0.4, 0.5) is 23.0 Å². The summed E-state index contributed by atoms with van der Waals surface area (Å²) in [6, 6.07) is 15.3. The van der Waals surface area contributed by atoms with Crippen LogP contribution in [-0.2, 0) is 46.0 Å². The van der Waals surface area contributed by atoms with Crippen LogP contribution in [0.2, 0.25) is 0 Å². The maximum Gasteiger partial charge on any atom is 0.269 e. The van der Waals surface area contributed by atoms with Crippen LogP contribution in [0, 0.1) is 20.2 Å². The highest BCUT2D eigenvalue weighted by Gasteiger charge is 2.37. The van der Waals surface area contributed by atoms with Crippen molar-refractivity contribution in [2.24, 2.45) is 0 Å². The second kappa shape index (κ2) is 39.2. The summed E-state index contributed by atoms with van der Waals surface area (Å²) in [6.07, 6.45) is 23.2. The van der Waals surface area contributed by atoms with Crippen LogP contribution in [0.3, 0.4) is 0 Å². The number of nitrogens with zero attached hydrogens (tertiary/aromatic N) is 12. The van der Waals surface area contributed by atoms with Gasteiger partial charge in [0.05, 0.1) is 62.3 Å². The maximum absolute atomic E-state index is 15.6. The number of nitro groups is 2. The second-order valence-electron chi connectivity index (χ2n) is 26.5. The van der Waals surface area contributed by atoms with Gasteiger partial charge in [0.1, 0.15) is 24.3 Å². The van der Waals surface area contributed by atoms with Crippen molar-refractivity contribution in [1.82, 2.24) is 47.6 Å². The number of ether oxygens (including phenoxy) is 6. The van der Waals surface area contributed by atoms with Crippen molar-refractivity contribution in [2.45, 2.75) is 222 Å². The lowest BCUT2D eigenvalue weighted by molar-refractivity contribution is -0.385. The van der Waals surface area contributed by atoms with E-state index in [1.165, 1.54) is 131 Å². The standard InChI is InChI=1S/C74H104N14O14S2/c1-10-11-12-13-14-15-16-17-18-19-20-21-22-23-31-56(86(104(95,96)60-39-35-58(36-40-60)88(91)92)53(3)30-25-27-42-84-66(82-68-72(76)78-51-80-74(68)84)49-55-46-63(99-6)70(102-9)64(47-55)100-7)32-28-43-85(103(93,94)59-37-33-57(34-38-59)87(89)90)52(2)29-24-26-41-83-65(81-67-71(75)77-50-79-73(67)83)48-54-44-61(97-4)69(101-8)62(45-54)98-5/h33-40,44-47,50-53,56H,10-32,41-43,48-49H2,1-9H3,(H2,75,77,79)(H2,76,78,80). The number of sulfonamides is 2. The number of benzene rings is 4. The number of nitrogens with two attached hydrogens (primary N) is 2. The summed E-state index contributed by atoms with van der Waals surface area (Å²) in [5.74, 6) is 4.48. The summed E-state index contributed by atoms with van der Waals surface area (Å²) in [5, 5.41) is 23.8. The lowest BCUT2D eigenvalue weighted by Crippen LogP contribution is -2.46. The van der Waals surface area contributed by atoms with Gasteiger partial charge in [0.25, 0.3) is 11.4 Å². The number of hydrogen-bond donors (Lipinski definition) is 2. The molecule has 4 N–H and O–H groups in total. The van der Waals surface area contributed by atoms with Crippen molar-refractivity contribution in [1.29, 1.82) is 0 Å². The summed E-state index contributed by atoms with van der Waals surface area (Å²) in [6.45, 7) is 6.78. The number of rotatable bonds is 48. The molecular weight excluding hydrogens is 1370 g/mol. The Kier molecular flexibility index (Phi) is 30.4. The number of methoxy groups -OCH3 is 6. The molecule has 104 heavy (non-hydrogen) atoms. The lowest BCUT2D eigenvalue weighted by Gasteiger charge is -2.37. The zero-order valence-electron chi connectivity index (χ0n) is 61.7. The molecule has 0 aliphatic rings. The fourth-order valence-corrected chi connectivity index (χ4v) is 17.4. The Morgan fingerprint density at radius 1 is 0.471 bits per heavy atom. The molecule has 3 atom stereocenters. The van der Waals surface area contributed by atoms with Crippen LogP contribution in [0.5, 0.6) is 34.5 Å². The molecule has 30 heteroatoms. The summed E-state index contributed by atoms with van der Waals surface area (Å²) in [5.41, 5.74) is 15.8. The highest BCUT2D eigenvalue weighted by atomic mass is 32.2. The molecule has 0 aliphatic heterocycles. The smallest absolute Gasteiger partial charge is 0.269 e.